The summed E-state index contributed by atoms with van der Waals surface area (Å²) in [7, 11) is 0. The van der Waals surface area contributed by atoms with Crippen molar-refractivity contribution >= 4 is 15.9 Å². The third kappa shape index (κ3) is 4.55. The second-order valence-corrected chi connectivity index (χ2v) is 6.03. The van der Waals surface area contributed by atoms with Gasteiger partial charge in [-0.05, 0) is 56.1 Å². The van der Waals surface area contributed by atoms with E-state index in [2.05, 4.69) is 40.1 Å². The summed E-state index contributed by atoms with van der Waals surface area (Å²) in [5.74, 6) is 1.45. The van der Waals surface area contributed by atoms with E-state index in [4.69, 9.17) is 4.74 Å². The molecule has 1 unspecified atom stereocenters. The molecule has 0 bridgehead atoms. The van der Waals surface area contributed by atoms with Gasteiger partial charge in [-0.3, -0.25) is 0 Å². The number of nitrogens with one attached hydrogen (secondary N) is 1. The molecular formula is C17H21BrN2O. The van der Waals surface area contributed by atoms with Crippen LogP contribution in [-0.4, -0.2) is 11.5 Å². The molecule has 0 radical (unpaired) electrons. The number of aryl methyl sites for hydroxylation is 1. The Labute approximate surface area is 134 Å². The summed E-state index contributed by atoms with van der Waals surface area (Å²) in [6, 6.07) is 10.3. The minimum atomic E-state index is 0.291. The van der Waals surface area contributed by atoms with Gasteiger partial charge >= 0.3 is 0 Å². The zero-order valence-electron chi connectivity index (χ0n) is 12.7. The predicted octanol–water partition coefficient (Wildman–Crippen LogP) is 5.01. The molecule has 1 aromatic heterocycles. The molecule has 2 rings (SSSR count). The second kappa shape index (κ2) is 7.57. The Morgan fingerprint density at radius 2 is 2.10 bits per heavy atom. The van der Waals surface area contributed by atoms with Gasteiger partial charge in [0.2, 0.25) is 5.88 Å². The molecule has 1 heterocycles. The minimum absolute atomic E-state index is 0.291. The third-order valence-electron chi connectivity index (χ3n) is 3.32. The van der Waals surface area contributed by atoms with E-state index in [1.54, 1.807) is 6.20 Å². The number of hydrogen-bond acceptors (Lipinski definition) is 3. The number of hydrogen-bond donors (Lipinski definition) is 1. The topological polar surface area (TPSA) is 34.2 Å². The third-order valence-corrected chi connectivity index (χ3v) is 3.82. The second-order valence-electron chi connectivity index (χ2n) is 5.12. The Balaban J connectivity index is 2.15. The van der Waals surface area contributed by atoms with E-state index in [-0.39, 0.29) is 0 Å². The quantitative estimate of drug-likeness (QED) is 0.796. The summed E-state index contributed by atoms with van der Waals surface area (Å²) in [6.07, 6.45) is 2.91. The van der Waals surface area contributed by atoms with Crippen molar-refractivity contribution in [1.29, 1.82) is 0 Å². The minimum Gasteiger partial charge on any atom is -0.439 e. The first-order valence-electron chi connectivity index (χ1n) is 7.23. The molecule has 2 aromatic rings. The van der Waals surface area contributed by atoms with Crippen LogP contribution in [0.15, 0.2) is 41.0 Å². The first-order valence-corrected chi connectivity index (χ1v) is 8.02. The van der Waals surface area contributed by atoms with Gasteiger partial charge in [0, 0.05) is 22.8 Å². The molecule has 0 amide bonds. The monoisotopic (exact) mass is 348 g/mol. The molecular weight excluding hydrogens is 328 g/mol. The molecule has 0 aliphatic carbocycles. The number of aromatic nitrogens is 1. The van der Waals surface area contributed by atoms with E-state index in [0.717, 1.165) is 28.8 Å². The van der Waals surface area contributed by atoms with Gasteiger partial charge in [0.1, 0.15) is 5.75 Å². The van der Waals surface area contributed by atoms with Crippen molar-refractivity contribution in [3.63, 3.8) is 0 Å². The molecule has 0 spiro atoms. The highest BCUT2D eigenvalue weighted by atomic mass is 79.9. The van der Waals surface area contributed by atoms with Gasteiger partial charge in [-0.2, -0.15) is 0 Å². The standard InChI is InChI=1S/C17H21BrN2O/c1-4-8-19-13(3)14-7-9-20-17(10-14)21-16-11-15(18)6-5-12(16)2/h5-7,9-11,13,19H,4,8H2,1-3H3. The molecule has 0 saturated heterocycles. The molecule has 1 atom stereocenters. The zero-order chi connectivity index (χ0) is 15.2. The Bertz CT molecular complexity index is 601. The predicted molar refractivity (Wildman–Crippen MR) is 89.9 cm³/mol. The van der Waals surface area contributed by atoms with Crippen LogP contribution >= 0.6 is 15.9 Å². The molecule has 1 aromatic carbocycles. The maximum absolute atomic E-state index is 5.92. The Morgan fingerprint density at radius 1 is 1.29 bits per heavy atom. The lowest BCUT2D eigenvalue weighted by atomic mass is 10.1. The van der Waals surface area contributed by atoms with Crippen LogP contribution in [0.1, 0.15) is 37.4 Å². The smallest absolute Gasteiger partial charge is 0.219 e. The van der Waals surface area contributed by atoms with Gasteiger partial charge < -0.3 is 10.1 Å². The molecule has 0 aliphatic heterocycles. The average molecular weight is 349 g/mol. The number of rotatable bonds is 6. The maximum atomic E-state index is 5.92. The van der Waals surface area contributed by atoms with E-state index < -0.39 is 0 Å². The van der Waals surface area contributed by atoms with Crippen LogP contribution in [0.4, 0.5) is 0 Å². The lowest BCUT2D eigenvalue weighted by molar-refractivity contribution is 0.456. The highest BCUT2D eigenvalue weighted by Crippen LogP contribution is 2.28. The first kappa shape index (κ1) is 16.0. The summed E-state index contributed by atoms with van der Waals surface area (Å²) >= 11 is 3.47. The molecule has 0 fully saturated rings. The fraction of sp³-hybridized carbons (Fsp3) is 0.353. The van der Waals surface area contributed by atoms with Crippen molar-refractivity contribution in [3.05, 3.63) is 52.1 Å². The molecule has 0 saturated carbocycles. The van der Waals surface area contributed by atoms with Crippen molar-refractivity contribution in [2.75, 3.05) is 6.54 Å². The lowest BCUT2D eigenvalue weighted by Gasteiger charge is -2.15. The van der Waals surface area contributed by atoms with Crippen LogP contribution in [0, 0.1) is 6.92 Å². The Hall–Kier alpha value is -1.39. The summed E-state index contributed by atoms with van der Waals surface area (Å²) < 4.78 is 6.91. The van der Waals surface area contributed by atoms with E-state index in [1.165, 1.54) is 5.56 Å². The zero-order valence-corrected chi connectivity index (χ0v) is 14.3. The van der Waals surface area contributed by atoms with Crippen LogP contribution in [0.5, 0.6) is 11.6 Å². The lowest BCUT2D eigenvalue weighted by Crippen LogP contribution is -2.19. The van der Waals surface area contributed by atoms with Crippen LogP contribution in [0.25, 0.3) is 0 Å². The van der Waals surface area contributed by atoms with Crippen molar-refractivity contribution < 1.29 is 4.74 Å². The van der Waals surface area contributed by atoms with Crippen LogP contribution in [0.2, 0.25) is 0 Å². The van der Waals surface area contributed by atoms with Gasteiger partial charge in [-0.1, -0.05) is 28.9 Å². The highest BCUT2D eigenvalue weighted by molar-refractivity contribution is 9.10. The molecule has 4 heteroatoms. The van der Waals surface area contributed by atoms with Crippen molar-refractivity contribution in [2.24, 2.45) is 0 Å². The van der Waals surface area contributed by atoms with Crippen molar-refractivity contribution in [1.82, 2.24) is 10.3 Å². The summed E-state index contributed by atoms with van der Waals surface area (Å²) in [5.41, 5.74) is 2.27. The highest BCUT2D eigenvalue weighted by Gasteiger charge is 2.08. The number of halogens is 1. The van der Waals surface area contributed by atoms with E-state index in [1.807, 2.05) is 37.3 Å². The van der Waals surface area contributed by atoms with Gasteiger partial charge in [-0.15, -0.1) is 0 Å². The van der Waals surface area contributed by atoms with E-state index in [9.17, 15) is 0 Å². The van der Waals surface area contributed by atoms with Gasteiger partial charge in [0.15, 0.2) is 0 Å². The van der Waals surface area contributed by atoms with Gasteiger partial charge in [-0.25, -0.2) is 4.98 Å². The molecule has 0 aliphatic rings. The summed E-state index contributed by atoms with van der Waals surface area (Å²) in [5, 5.41) is 3.47. The van der Waals surface area contributed by atoms with Crippen molar-refractivity contribution in [3.8, 4) is 11.6 Å². The SMILES string of the molecule is CCCNC(C)c1ccnc(Oc2cc(Br)ccc2C)c1. The van der Waals surface area contributed by atoms with Crippen LogP contribution in [-0.2, 0) is 0 Å². The van der Waals surface area contributed by atoms with E-state index >= 15 is 0 Å². The Morgan fingerprint density at radius 3 is 2.86 bits per heavy atom. The maximum Gasteiger partial charge on any atom is 0.219 e. The Kier molecular flexibility index (Phi) is 5.76. The average Bonchev–Trinajstić information content (AvgIpc) is 2.49. The number of pyridine rings is 1. The summed E-state index contributed by atoms with van der Waals surface area (Å²) in [4.78, 5) is 4.30. The molecule has 21 heavy (non-hydrogen) atoms. The summed E-state index contributed by atoms with van der Waals surface area (Å²) in [6.45, 7) is 7.34. The number of benzene rings is 1. The first-order chi connectivity index (χ1) is 10.1. The largest absolute Gasteiger partial charge is 0.439 e. The molecule has 1 N–H and O–H groups in total. The fourth-order valence-corrected chi connectivity index (χ4v) is 2.37. The van der Waals surface area contributed by atoms with Crippen molar-refractivity contribution in [2.45, 2.75) is 33.2 Å². The van der Waals surface area contributed by atoms with Gasteiger partial charge in [0.25, 0.3) is 0 Å². The fourth-order valence-electron chi connectivity index (χ4n) is 2.03. The molecule has 3 nitrogen and oxygen atoms in total. The molecule has 112 valence electrons. The number of nitrogens with zero attached hydrogens (tertiary/aromatic N) is 1. The van der Waals surface area contributed by atoms with Crippen LogP contribution < -0.4 is 10.1 Å². The van der Waals surface area contributed by atoms with Crippen LogP contribution in [0.3, 0.4) is 0 Å². The van der Waals surface area contributed by atoms with Gasteiger partial charge in [0.05, 0.1) is 0 Å². The van der Waals surface area contributed by atoms with E-state index in [0.29, 0.717) is 11.9 Å². The normalized spacial score (nSPS) is 12.2. The number of ether oxygens (including phenoxy) is 1.